The number of ketones is 1. The van der Waals surface area contributed by atoms with Crippen molar-refractivity contribution >= 4 is 34.3 Å². The number of carbonyl (C=O) groups is 1. The fourth-order valence-electron chi connectivity index (χ4n) is 1.09. The molecular weight excluding hydrogens is 267 g/mol. The van der Waals surface area contributed by atoms with Crippen molar-refractivity contribution < 1.29 is 9.18 Å². The van der Waals surface area contributed by atoms with Gasteiger partial charge in [-0.1, -0.05) is 12.1 Å². The maximum Gasteiger partial charge on any atom is 0.142 e. The van der Waals surface area contributed by atoms with Crippen molar-refractivity contribution in [1.29, 1.82) is 0 Å². The Bertz CT molecular complexity index is 341. The van der Waals surface area contributed by atoms with E-state index in [9.17, 15) is 9.18 Å². The fourth-order valence-corrected chi connectivity index (χ4v) is 1.66. The van der Waals surface area contributed by atoms with Gasteiger partial charge in [-0.25, -0.2) is 4.39 Å². The molecule has 1 nitrogen and oxygen atoms in total. The van der Waals surface area contributed by atoms with Gasteiger partial charge >= 0.3 is 0 Å². The summed E-state index contributed by atoms with van der Waals surface area (Å²) in [5.41, 5.74) is 0.564. The van der Waals surface area contributed by atoms with Crippen LogP contribution in [0, 0.1) is 5.82 Å². The summed E-state index contributed by atoms with van der Waals surface area (Å²) in [5, 5.41) is 0. The summed E-state index contributed by atoms with van der Waals surface area (Å²) in [5.74, 6) is -0.0255. The van der Waals surface area contributed by atoms with Crippen LogP contribution in [0.5, 0.6) is 0 Å². The van der Waals surface area contributed by atoms with Gasteiger partial charge < -0.3 is 0 Å². The van der Waals surface area contributed by atoms with Crippen LogP contribution in [0.4, 0.5) is 4.39 Å². The average molecular weight is 277 g/mol. The second-order valence-corrected chi connectivity index (χ2v) is 4.08. The van der Waals surface area contributed by atoms with Gasteiger partial charge in [0.15, 0.2) is 0 Å². The van der Waals surface area contributed by atoms with Gasteiger partial charge in [-0.2, -0.15) is 12.6 Å². The fraction of sp³-hybridized carbons (Fsp3) is 0.300. The molecule has 0 aromatic heterocycles. The molecule has 1 rings (SSSR count). The van der Waals surface area contributed by atoms with Gasteiger partial charge in [-0.3, -0.25) is 4.79 Å². The summed E-state index contributed by atoms with van der Waals surface area (Å²) < 4.78 is 13.8. The van der Waals surface area contributed by atoms with Gasteiger partial charge in [0.05, 0.1) is 4.47 Å². The van der Waals surface area contributed by atoms with Gasteiger partial charge in [0.25, 0.3) is 0 Å². The van der Waals surface area contributed by atoms with E-state index in [2.05, 4.69) is 28.6 Å². The molecule has 0 fully saturated rings. The Morgan fingerprint density at radius 3 is 2.86 bits per heavy atom. The van der Waals surface area contributed by atoms with Crippen LogP contribution >= 0.6 is 28.6 Å². The number of benzene rings is 1. The number of thiol groups is 1. The summed E-state index contributed by atoms with van der Waals surface area (Å²) in [7, 11) is 0. The number of hydrogen-bond donors (Lipinski definition) is 1. The van der Waals surface area contributed by atoms with Crippen molar-refractivity contribution in [3.8, 4) is 0 Å². The van der Waals surface area contributed by atoms with E-state index in [0.29, 0.717) is 22.9 Å². The van der Waals surface area contributed by atoms with Crippen LogP contribution in [-0.4, -0.2) is 11.5 Å². The highest BCUT2D eigenvalue weighted by molar-refractivity contribution is 9.10. The Morgan fingerprint density at radius 2 is 2.21 bits per heavy atom. The van der Waals surface area contributed by atoms with Gasteiger partial charge in [-0.05, 0) is 34.0 Å². The molecule has 0 saturated carbocycles. The van der Waals surface area contributed by atoms with Crippen LogP contribution in [0.2, 0.25) is 0 Å². The smallest absolute Gasteiger partial charge is 0.142 e. The zero-order valence-electron chi connectivity index (χ0n) is 7.46. The standard InChI is InChI=1S/C10H10BrFOS/c11-9-3-1-2-7(10(9)12)4-5-8(13)6-14/h1-3,14H,4-6H2. The Morgan fingerprint density at radius 1 is 1.50 bits per heavy atom. The minimum absolute atomic E-state index is 0.0349. The third-order valence-corrected chi connectivity index (χ3v) is 2.85. The maximum atomic E-state index is 13.4. The molecule has 0 aliphatic carbocycles. The van der Waals surface area contributed by atoms with Gasteiger partial charge in [0, 0.05) is 12.2 Å². The van der Waals surface area contributed by atoms with E-state index >= 15 is 0 Å². The number of carbonyl (C=O) groups excluding carboxylic acids is 1. The van der Waals surface area contributed by atoms with Crippen LogP contribution in [0.25, 0.3) is 0 Å². The molecule has 4 heteroatoms. The molecule has 0 aliphatic rings. The first-order chi connectivity index (χ1) is 6.65. The molecule has 0 radical (unpaired) electrons. The lowest BCUT2D eigenvalue weighted by molar-refractivity contribution is -0.116. The molecule has 0 bridgehead atoms. The third kappa shape index (κ3) is 3.10. The maximum absolute atomic E-state index is 13.4. The van der Waals surface area contributed by atoms with E-state index in [1.165, 1.54) is 0 Å². The molecule has 76 valence electrons. The van der Waals surface area contributed by atoms with Crippen LogP contribution in [0.15, 0.2) is 22.7 Å². The molecule has 0 aliphatic heterocycles. The molecule has 0 heterocycles. The largest absolute Gasteiger partial charge is 0.299 e. The molecule has 0 atom stereocenters. The molecule has 0 N–H and O–H groups in total. The Balaban J connectivity index is 2.68. The molecule has 1 aromatic rings. The summed E-state index contributed by atoms with van der Waals surface area (Å²) >= 11 is 6.95. The van der Waals surface area contributed by atoms with E-state index < -0.39 is 0 Å². The normalized spacial score (nSPS) is 10.2. The van der Waals surface area contributed by atoms with Gasteiger partial charge in [0.1, 0.15) is 11.6 Å². The lowest BCUT2D eigenvalue weighted by Crippen LogP contribution is -2.02. The summed E-state index contributed by atoms with van der Waals surface area (Å²) in [6, 6.07) is 5.08. The lowest BCUT2D eigenvalue weighted by atomic mass is 10.1. The molecule has 0 spiro atoms. The van der Waals surface area contributed by atoms with Crippen LogP contribution in [-0.2, 0) is 11.2 Å². The van der Waals surface area contributed by atoms with Crippen molar-refractivity contribution in [2.75, 3.05) is 5.75 Å². The van der Waals surface area contributed by atoms with Crippen LogP contribution < -0.4 is 0 Å². The predicted octanol–water partition coefficient (Wildman–Crippen LogP) is 3.02. The highest BCUT2D eigenvalue weighted by atomic mass is 79.9. The minimum atomic E-state index is -0.278. The van der Waals surface area contributed by atoms with Crippen molar-refractivity contribution in [1.82, 2.24) is 0 Å². The first-order valence-corrected chi connectivity index (χ1v) is 5.63. The first kappa shape index (κ1) is 11.7. The Hall–Kier alpha value is -0.350. The van der Waals surface area contributed by atoms with E-state index in [-0.39, 0.29) is 17.4 Å². The molecule has 0 amide bonds. The van der Waals surface area contributed by atoms with Crippen molar-refractivity contribution in [3.63, 3.8) is 0 Å². The van der Waals surface area contributed by atoms with Crippen molar-refractivity contribution in [2.45, 2.75) is 12.8 Å². The molecular formula is C10H10BrFOS. The molecule has 0 unspecified atom stereocenters. The van der Waals surface area contributed by atoms with Gasteiger partial charge in [-0.15, -0.1) is 0 Å². The quantitative estimate of drug-likeness (QED) is 0.837. The number of Topliss-reactive ketones (excluding diaryl/α,β-unsaturated/α-hetero) is 1. The molecule has 14 heavy (non-hydrogen) atoms. The summed E-state index contributed by atoms with van der Waals surface area (Å²) in [6.07, 6.45) is 0.779. The number of aryl methyl sites for hydroxylation is 1. The topological polar surface area (TPSA) is 17.1 Å². The predicted molar refractivity (Wildman–Crippen MR) is 61.3 cm³/mol. The van der Waals surface area contributed by atoms with E-state index in [1.54, 1.807) is 18.2 Å². The Kier molecular flexibility index (Phi) is 4.62. The van der Waals surface area contributed by atoms with Crippen molar-refractivity contribution in [3.05, 3.63) is 34.1 Å². The second-order valence-electron chi connectivity index (χ2n) is 2.91. The van der Waals surface area contributed by atoms with Crippen molar-refractivity contribution in [2.24, 2.45) is 0 Å². The Labute approximate surface area is 96.2 Å². The highest BCUT2D eigenvalue weighted by Gasteiger charge is 2.07. The summed E-state index contributed by atoms with van der Waals surface area (Å²) in [4.78, 5) is 11.0. The van der Waals surface area contributed by atoms with Crippen LogP contribution in [0.3, 0.4) is 0 Å². The minimum Gasteiger partial charge on any atom is -0.299 e. The third-order valence-electron chi connectivity index (χ3n) is 1.88. The number of rotatable bonds is 4. The molecule has 1 aromatic carbocycles. The zero-order valence-corrected chi connectivity index (χ0v) is 9.95. The first-order valence-electron chi connectivity index (χ1n) is 4.20. The lowest BCUT2D eigenvalue weighted by Gasteiger charge is -2.03. The van der Waals surface area contributed by atoms with E-state index in [0.717, 1.165) is 0 Å². The van der Waals surface area contributed by atoms with E-state index in [4.69, 9.17) is 0 Å². The van der Waals surface area contributed by atoms with Gasteiger partial charge in [0.2, 0.25) is 0 Å². The number of hydrogen-bond acceptors (Lipinski definition) is 2. The van der Waals surface area contributed by atoms with E-state index in [1.807, 2.05) is 0 Å². The highest BCUT2D eigenvalue weighted by Crippen LogP contribution is 2.19. The SMILES string of the molecule is O=C(CS)CCc1cccc(Br)c1F. The monoisotopic (exact) mass is 276 g/mol. The number of halogens is 2. The zero-order chi connectivity index (χ0) is 10.6. The van der Waals surface area contributed by atoms with Crippen LogP contribution in [0.1, 0.15) is 12.0 Å². The second kappa shape index (κ2) is 5.51. The molecule has 0 saturated heterocycles. The summed E-state index contributed by atoms with van der Waals surface area (Å²) in [6.45, 7) is 0. The average Bonchev–Trinajstić information content (AvgIpc) is 2.20.